The number of piperidine rings is 1. The summed E-state index contributed by atoms with van der Waals surface area (Å²) >= 11 is 1.66. The highest BCUT2D eigenvalue weighted by atomic mass is 32.1. The van der Waals surface area contributed by atoms with Crippen LogP contribution < -0.4 is 10.6 Å². The van der Waals surface area contributed by atoms with Crippen LogP contribution in [0.15, 0.2) is 10.9 Å². The van der Waals surface area contributed by atoms with Crippen molar-refractivity contribution in [2.24, 2.45) is 5.41 Å². The Kier molecular flexibility index (Phi) is 3.72. The number of thiazole rings is 1. The molecule has 0 spiro atoms. The van der Waals surface area contributed by atoms with E-state index in [9.17, 15) is 0 Å². The van der Waals surface area contributed by atoms with Gasteiger partial charge in [0.15, 0.2) is 0 Å². The van der Waals surface area contributed by atoms with E-state index in [2.05, 4.69) is 27.9 Å². The molecule has 2 heterocycles. The summed E-state index contributed by atoms with van der Waals surface area (Å²) in [5, 5.41) is 9.03. The summed E-state index contributed by atoms with van der Waals surface area (Å²) in [6.07, 6.45) is 2.55. The van der Waals surface area contributed by atoms with Crippen molar-refractivity contribution in [3.05, 3.63) is 16.6 Å². The van der Waals surface area contributed by atoms with Gasteiger partial charge in [-0.15, -0.1) is 11.3 Å². The number of aromatic nitrogens is 1. The first-order chi connectivity index (χ1) is 7.29. The highest BCUT2D eigenvalue weighted by Gasteiger charge is 2.25. The Bertz CT molecular complexity index is 278. The van der Waals surface area contributed by atoms with Gasteiger partial charge in [0, 0.05) is 18.5 Å². The van der Waals surface area contributed by atoms with Crippen molar-refractivity contribution in [3.63, 3.8) is 0 Å². The third kappa shape index (κ3) is 3.26. The second-order valence-corrected chi connectivity index (χ2v) is 5.36. The van der Waals surface area contributed by atoms with Crippen LogP contribution in [0.25, 0.3) is 0 Å². The third-order valence-electron chi connectivity index (χ3n) is 3.15. The predicted octanol–water partition coefficient (Wildman–Crippen LogP) is 1.62. The van der Waals surface area contributed by atoms with Crippen molar-refractivity contribution in [3.8, 4) is 0 Å². The monoisotopic (exact) mass is 225 g/mol. The molecule has 0 aromatic carbocycles. The van der Waals surface area contributed by atoms with Crippen LogP contribution >= 0.6 is 11.3 Å². The van der Waals surface area contributed by atoms with Gasteiger partial charge >= 0.3 is 0 Å². The SMILES string of the molecule is CC1(CNCc2cscn2)CCNCC1. The highest BCUT2D eigenvalue weighted by Crippen LogP contribution is 2.26. The first kappa shape index (κ1) is 11.0. The van der Waals surface area contributed by atoms with Crippen LogP contribution in [-0.2, 0) is 6.54 Å². The van der Waals surface area contributed by atoms with Crippen LogP contribution in [0.1, 0.15) is 25.5 Å². The fourth-order valence-corrected chi connectivity index (χ4v) is 2.58. The predicted molar refractivity (Wildman–Crippen MR) is 64.0 cm³/mol. The van der Waals surface area contributed by atoms with Gasteiger partial charge in [-0.1, -0.05) is 6.92 Å². The molecule has 1 aromatic heterocycles. The molecule has 0 unspecified atom stereocenters. The molecule has 2 N–H and O–H groups in total. The van der Waals surface area contributed by atoms with Crippen LogP contribution in [0.3, 0.4) is 0 Å². The Labute approximate surface area is 95.3 Å². The maximum atomic E-state index is 4.27. The lowest BCUT2D eigenvalue weighted by molar-refractivity contribution is 0.220. The van der Waals surface area contributed by atoms with E-state index in [0.29, 0.717) is 5.41 Å². The van der Waals surface area contributed by atoms with Crippen LogP contribution in [0.2, 0.25) is 0 Å². The number of rotatable bonds is 4. The molecule has 2 rings (SSSR count). The smallest absolute Gasteiger partial charge is 0.0795 e. The van der Waals surface area contributed by atoms with Crippen LogP contribution in [0, 0.1) is 5.41 Å². The van der Waals surface area contributed by atoms with Crippen LogP contribution in [0.4, 0.5) is 0 Å². The highest BCUT2D eigenvalue weighted by molar-refractivity contribution is 7.07. The summed E-state index contributed by atoms with van der Waals surface area (Å²) in [6, 6.07) is 0. The van der Waals surface area contributed by atoms with E-state index in [1.807, 2.05) is 5.51 Å². The molecule has 3 nitrogen and oxygen atoms in total. The zero-order valence-electron chi connectivity index (χ0n) is 9.25. The number of hydrogen-bond acceptors (Lipinski definition) is 4. The minimum atomic E-state index is 0.473. The van der Waals surface area contributed by atoms with E-state index in [4.69, 9.17) is 0 Å². The molecular weight excluding hydrogens is 206 g/mol. The Balaban J connectivity index is 1.72. The lowest BCUT2D eigenvalue weighted by Crippen LogP contribution is -2.41. The summed E-state index contributed by atoms with van der Waals surface area (Å²) in [6.45, 7) is 6.71. The molecule has 1 fully saturated rings. The molecule has 0 bridgehead atoms. The normalized spacial score (nSPS) is 20.3. The van der Waals surface area contributed by atoms with Crippen molar-refractivity contribution in [1.82, 2.24) is 15.6 Å². The molecule has 0 amide bonds. The van der Waals surface area contributed by atoms with Gasteiger partial charge in [0.05, 0.1) is 11.2 Å². The molecule has 0 saturated carbocycles. The van der Waals surface area contributed by atoms with Gasteiger partial charge in [0.1, 0.15) is 0 Å². The van der Waals surface area contributed by atoms with Crippen molar-refractivity contribution in [2.75, 3.05) is 19.6 Å². The van der Waals surface area contributed by atoms with Crippen molar-refractivity contribution >= 4 is 11.3 Å². The topological polar surface area (TPSA) is 37.0 Å². The molecule has 4 heteroatoms. The Morgan fingerprint density at radius 3 is 3.00 bits per heavy atom. The van der Waals surface area contributed by atoms with Gasteiger partial charge in [-0.25, -0.2) is 4.98 Å². The maximum Gasteiger partial charge on any atom is 0.0795 e. The Morgan fingerprint density at radius 2 is 2.33 bits per heavy atom. The zero-order chi connectivity index (χ0) is 10.6. The molecule has 1 aliphatic rings. The molecule has 0 aliphatic carbocycles. The molecular formula is C11H19N3S. The summed E-state index contributed by atoms with van der Waals surface area (Å²) in [5.41, 5.74) is 3.53. The number of nitrogens with zero attached hydrogens (tertiary/aromatic N) is 1. The third-order valence-corrected chi connectivity index (χ3v) is 3.79. The second kappa shape index (κ2) is 5.05. The van der Waals surface area contributed by atoms with E-state index in [0.717, 1.165) is 31.9 Å². The minimum Gasteiger partial charge on any atom is -0.317 e. The van der Waals surface area contributed by atoms with Gasteiger partial charge in [-0.2, -0.15) is 0 Å². The molecule has 1 aliphatic heterocycles. The summed E-state index contributed by atoms with van der Waals surface area (Å²) in [7, 11) is 0. The lowest BCUT2D eigenvalue weighted by Gasteiger charge is -2.34. The van der Waals surface area contributed by atoms with Gasteiger partial charge in [0.25, 0.3) is 0 Å². The zero-order valence-corrected chi connectivity index (χ0v) is 10.1. The average molecular weight is 225 g/mol. The quantitative estimate of drug-likeness (QED) is 0.817. The van der Waals surface area contributed by atoms with E-state index in [1.54, 1.807) is 11.3 Å². The van der Waals surface area contributed by atoms with Crippen LogP contribution in [0.5, 0.6) is 0 Å². The Hall–Kier alpha value is -0.450. The van der Waals surface area contributed by atoms with E-state index in [1.165, 1.54) is 12.8 Å². The standard InChI is InChI=1S/C11H19N3S/c1-11(2-4-12-5-3-11)8-13-6-10-7-15-9-14-10/h7,9,12-13H,2-6,8H2,1H3. The molecule has 84 valence electrons. The molecule has 1 saturated heterocycles. The van der Waals surface area contributed by atoms with Crippen LogP contribution in [-0.4, -0.2) is 24.6 Å². The van der Waals surface area contributed by atoms with Crippen molar-refractivity contribution < 1.29 is 0 Å². The fraction of sp³-hybridized carbons (Fsp3) is 0.727. The summed E-state index contributed by atoms with van der Waals surface area (Å²) < 4.78 is 0. The number of nitrogens with one attached hydrogen (secondary N) is 2. The van der Waals surface area contributed by atoms with Crippen molar-refractivity contribution in [2.45, 2.75) is 26.3 Å². The van der Waals surface area contributed by atoms with Gasteiger partial charge in [-0.05, 0) is 31.3 Å². The van der Waals surface area contributed by atoms with Gasteiger partial charge in [0.2, 0.25) is 0 Å². The van der Waals surface area contributed by atoms with Gasteiger partial charge in [-0.3, -0.25) is 0 Å². The summed E-state index contributed by atoms with van der Waals surface area (Å²) in [5.74, 6) is 0. The second-order valence-electron chi connectivity index (χ2n) is 4.64. The maximum absolute atomic E-state index is 4.27. The van der Waals surface area contributed by atoms with E-state index < -0.39 is 0 Å². The molecule has 0 radical (unpaired) electrons. The first-order valence-corrected chi connectivity index (χ1v) is 6.51. The Morgan fingerprint density at radius 1 is 1.53 bits per heavy atom. The van der Waals surface area contributed by atoms with E-state index in [-0.39, 0.29) is 0 Å². The van der Waals surface area contributed by atoms with Crippen molar-refractivity contribution in [1.29, 1.82) is 0 Å². The van der Waals surface area contributed by atoms with E-state index >= 15 is 0 Å². The fourth-order valence-electron chi connectivity index (χ4n) is 2.02. The molecule has 0 atom stereocenters. The summed E-state index contributed by atoms with van der Waals surface area (Å²) in [4.78, 5) is 4.27. The lowest BCUT2D eigenvalue weighted by atomic mass is 9.81. The average Bonchev–Trinajstić information content (AvgIpc) is 2.71. The molecule has 1 aromatic rings. The number of hydrogen-bond donors (Lipinski definition) is 2. The largest absolute Gasteiger partial charge is 0.317 e. The first-order valence-electron chi connectivity index (χ1n) is 5.57. The molecule has 15 heavy (non-hydrogen) atoms. The minimum absolute atomic E-state index is 0.473. The van der Waals surface area contributed by atoms with Gasteiger partial charge < -0.3 is 10.6 Å².